The zero-order valence-corrected chi connectivity index (χ0v) is 14.7. The van der Waals surface area contributed by atoms with Gasteiger partial charge in [-0.3, -0.25) is 4.57 Å². The molecule has 4 N–H and O–H groups in total. The van der Waals surface area contributed by atoms with E-state index in [4.69, 9.17) is 27.9 Å². The van der Waals surface area contributed by atoms with Crippen LogP contribution in [-0.2, 0) is 4.74 Å². The predicted molar refractivity (Wildman–Crippen MR) is 91.5 cm³/mol. The molecule has 0 spiro atoms. The average Bonchev–Trinajstić information content (AvgIpc) is 2.97. The highest BCUT2D eigenvalue weighted by Gasteiger charge is 2.44. The first-order chi connectivity index (χ1) is 11.3. The fourth-order valence-electron chi connectivity index (χ4n) is 2.80. The second kappa shape index (κ2) is 6.67. The van der Waals surface area contributed by atoms with Gasteiger partial charge in [-0.25, -0.2) is 4.98 Å². The Bertz CT molecular complexity index is 752. The molecule has 3 rings (SSSR count). The number of anilines is 1. The number of halogens is 2. The van der Waals surface area contributed by atoms with Crippen LogP contribution in [0.3, 0.4) is 0 Å². The number of imidazole rings is 1. The molecule has 7 nitrogen and oxygen atoms in total. The van der Waals surface area contributed by atoms with Crippen molar-refractivity contribution in [2.45, 2.75) is 44.4 Å². The third kappa shape index (κ3) is 2.96. The number of aliphatic hydroxyl groups is 3. The van der Waals surface area contributed by atoms with Gasteiger partial charge in [0.1, 0.15) is 18.3 Å². The van der Waals surface area contributed by atoms with Crippen molar-refractivity contribution in [1.29, 1.82) is 0 Å². The first-order valence-electron chi connectivity index (χ1n) is 7.59. The SMILES string of the molecule is CC(C)Nc1nc2cc(Cl)c(Cl)cc2n1[C@H]1O[C@@H](CO)[C@@H](O)[C@@H]1O. The van der Waals surface area contributed by atoms with Crippen molar-refractivity contribution in [3.63, 3.8) is 0 Å². The Morgan fingerprint density at radius 3 is 2.50 bits per heavy atom. The van der Waals surface area contributed by atoms with Gasteiger partial charge in [0.2, 0.25) is 5.95 Å². The van der Waals surface area contributed by atoms with Crippen LogP contribution in [-0.4, -0.2) is 55.8 Å². The third-order valence-corrected chi connectivity index (χ3v) is 4.64. The molecule has 1 fully saturated rings. The van der Waals surface area contributed by atoms with Crippen molar-refractivity contribution in [3.8, 4) is 0 Å². The number of fused-ring (bicyclic) bond motifs is 1. The summed E-state index contributed by atoms with van der Waals surface area (Å²) in [5.74, 6) is 0.452. The van der Waals surface area contributed by atoms with Gasteiger partial charge >= 0.3 is 0 Å². The van der Waals surface area contributed by atoms with Gasteiger partial charge in [0.05, 0.1) is 27.7 Å². The topological polar surface area (TPSA) is 99.8 Å². The number of nitrogens with zero attached hydrogens (tertiary/aromatic N) is 2. The van der Waals surface area contributed by atoms with Crippen molar-refractivity contribution in [2.75, 3.05) is 11.9 Å². The number of hydrogen-bond donors (Lipinski definition) is 4. The van der Waals surface area contributed by atoms with Crippen molar-refractivity contribution in [2.24, 2.45) is 0 Å². The molecule has 132 valence electrons. The fraction of sp³-hybridized carbons (Fsp3) is 0.533. The summed E-state index contributed by atoms with van der Waals surface area (Å²) in [7, 11) is 0. The van der Waals surface area contributed by atoms with E-state index in [0.29, 0.717) is 27.0 Å². The van der Waals surface area contributed by atoms with E-state index in [1.807, 2.05) is 13.8 Å². The average molecular weight is 376 g/mol. The zero-order chi connectivity index (χ0) is 17.6. The summed E-state index contributed by atoms with van der Waals surface area (Å²) in [6, 6.07) is 3.33. The predicted octanol–water partition coefficient (Wildman–Crippen LogP) is 1.77. The van der Waals surface area contributed by atoms with Crippen molar-refractivity contribution < 1.29 is 20.1 Å². The van der Waals surface area contributed by atoms with Gasteiger partial charge in [-0.15, -0.1) is 0 Å². The number of nitrogens with one attached hydrogen (secondary N) is 1. The molecule has 1 aromatic heterocycles. The monoisotopic (exact) mass is 375 g/mol. The summed E-state index contributed by atoms with van der Waals surface area (Å²) >= 11 is 12.2. The number of aromatic nitrogens is 2. The molecule has 2 heterocycles. The van der Waals surface area contributed by atoms with E-state index in [0.717, 1.165) is 0 Å². The van der Waals surface area contributed by atoms with Crippen LogP contribution < -0.4 is 5.32 Å². The molecule has 0 radical (unpaired) electrons. The van der Waals surface area contributed by atoms with E-state index in [-0.39, 0.29) is 6.04 Å². The van der Waals surface area contributed by atoms with Crippen LogP contribution in [0, 0.1) is 0 Å². The minimum absolute atomic E-state index is 0.0728. The van der Waals surface area contributed by atoms with Gasteiger partial charge in [0.25, 0.3) is 0 Å². The van der Waals surface area contributed by atoms with Gasteiger partial charge in [-0.05, 0) is 26.0 Å². The number of ether oxygens (including phenoxy) is 1. The van der Waals surface area contributed by atoms with Gasteiger partial charge in [-0.2, -0.15) is 0 Å². The maximum atomic E-state index is 10.4. The van der Waals surface area contributed by atoms with Crippen LogP contribution in [0.15, 0.2) is 12.1 Å². The first kappa shape index (κ1) is 17.7. The second-order valence-electron chi connectivity index (χ2n) is 6.09. The van der Waals surface area contributed by atoms with Gasteiger partial charge in [0, 0.05) is 6.04 Å². The van der Waals surface area contributed by atoms with Crippen molar-refractivity contribution >= 4 is 40.2 Å². The molecule has 1 aliphatic rings. The number of aliphatic hydroxyl groups excluding tert-OH is 3. The van der Waals surface area contributed by atoms with Crippen LogP contribution in [0.4, 0.5) is 5.95 Å². The molecule has 4 atom stereocenters. The van der Waals surface area contributed by atoms with Crippen LogP contribution >= 0.6 is 23.2 Å². The summed E-state index contributed by atoms with van der Waals surface area (Å²) < 4.78 is 7.26. The minimum Gasteiger partial charge on any atom is -0.394 e. The molecule has 0 amide bonds. The Labute approximate surface area is 148 Å². The van der Waals surface area contributed by atoms with Gasteiger partial charge in [0.15, 0.2) is 6.23 Å². The standard InChI is InChI=1S/C15H19Cl2N3O4/c1-6(2)18-15-19-9-3-7(16)8(17)4-10(9)20(15)14-13(23)12(22)11(5-21)24-14/h3-4,6,11-14,21-23H,5H2,1-2H3,(H,18,19)/t11-,12+,13-,14-/m0/s1. The van der Waals surface area contributed by atoms with Crippen molar-refractivity contribution in [3.05, 3.63) is 22.2 Å². The van der Waals surface area contributed by atoms with Gasteiger partial charge in [-0.1, -0.05) is 23.2 Å². The first-order valence-corrected chi connectivity index (χ1v) is 8.35. The minimum atomic E-state index is -1.22. The lowest BCUT2D eigenvalue weighted by Gasteiger charge is -2.21. The van der Waals surface area contributed by atoms with E-state index in [2.05, 4.69) is 10.3 Å². The molecule has 24 heavy (non-hydrogen) atoms. The molecule has 9 heteroatoms. The van der Waals surface area contributed by atoms with E-state index in [1.165, 1.54) is 0 Å². The maximum Gasteiger partial charge on any atom is 0.206 e. The van der Waals surface area contributed by atoms with Gasteiger partial charge < -0.3 is 25.4 Å². The second-order valence-corrected chi connectivity index (χ2v) is 6.90. The summed E-state index contributed by atoms with van der Waals surface area (Å²) in [4.78, 5) is 4.48. The molecular weight excluding hydrogens is 357 g/mol. The highest BCUT2D eigenvalue weighted by atomic mass is 35.5. The van der Waals surface area contributed by atoms with E-state index in [9.17, 15) is 15.3 Å². The number of hydrogen-bond acceptors (Lipinski definition) is 6. The highest BCUT2D eigenvalue weighted by Crippen LogP contribution is 2.37. The van der Waals surface area contributed by atoms with E-state index < -0.39 is 31.1 Å². The molecular formula is C15H19Cl2N3O4. The normalized spacial score (nSPS) is 27.3. The highest BCUT2D eigenvalue weighted by molar-refractivity contribution is 6.42. The number of benzene rings is 1. The molecule has 0 unspecified atom stereocenters. The molecule has 1 aliphatic heterocycles. The molecule has 0 aliphatic carbocycles. The quantitative estimate of drug-likeness (QED) is 0.649. The lowest BCUT2D eigenvalue weighted by atomic mass is 10.1. The smallest absolute Gasteiger partial charge is 0.206 e. The van der Waals surface area contributed by atoms with Crippen LogP contribution in [0.25, 0.3) is 11.0 Å². The van der Waals surface area contributed by atoms with Crippen LogP contribution in [0.2, 0.25) is 10.0 Å². The Hall–Kier alpha value is -1.09. The largest absolute Gasteiger partial charge is 0.394 e. The van der Waals surface area contributed by atoms with Crippen LogP contribution in [0.1, 0.15) is 20.1 Å². The lowest BCUT2D eigenvalue weighted by molar-refractivity contribution is -0.0499. The third-order valence-electron chi connectivity index (χ3n) is 3.92. The molecule has 1 aromatic carbocycles. The molecule has 0 bridgehead atoms. The summed E-state index contributed by atoms with van der Waals surface area (Å²) in [6.07, 6.45) is -4.22. The Balaban J connectivity index is 2.15. The summed E-state index contributed by atoms with van der Waals surface area (Å²) in [5.41, 5.74) is 1.17. The Morgan fingerprint density at radius 1 is 1.25 bits per heavy atom. The Kier molecular flexibility index (Phi) is 4.92. The molecule has 0 saturated carbocycles. The fourth-order valence-corrected chi connectivity index (χ4v) is 3.12. The number of rotatable bonds is 4. The lowest BCUT2D eigenvalue weighted by Crippen LogP contribution is -2.33. The maximum absolute atomic E-state index is 10.4. The zero-order valence-electron chi connectivity index (χ0n) is 13.1. The molecule has 1 saturated heterocycles. The van der Waals surface area contributed by atoms with Crippen molar-refractivity contribution in [1.82, 2.24) is 9.55 Å². The summed E-state index contributed by atoms with van der Waals surface area (Å²) in [5, 5.41) is 33.6. The van der Waals surface area contributed by atoms with Crippen LogP contribution in [0.5, 0.6) is 0 Å². The molecule has 2 aromatic rings. The van der Waals surface area contributed by atoms with E-state index >= 15 is 0 Å². The summed E-state index contributed by atoms with van der Waals surface area (Å²) in [6.45, 7) is 3.49. The van der Waals surface area contributed by atoms with E-state index in [1.54, 1.807) is 16.7 Å². The Morgan fingerprint density at radius 2 is 1.92 bits per heavy atom.